The highest BCUT2D eigenvalue weighted by atomic mass is 35.5. The Labute approximate surface area is 102 Å². The minimum absolute atomic E-state index is 0.317. The van der Waals surface area contributed by atoms with Crippen LogP contribution in [0.4, 0.5) is 0 Å². The van der Waals surface area contributed by atoms with Crippen LogP contribution in [0.1, 0.15) is 16.7 Å². The molecule has 16 heavy (non-hydrogen) atoms. The predicted molar refractivity (Wildman–Crippen MR) is 66.3 cm³/mol. The SMILES string of the molecule is Cc1cc(CCl)cc(S(=O)(=O)N(C)C)c1C. The molecule has 0 saturated heterocycles. The number of aryl methyl sites for hydroxylation is 1. The second-order valence-corrected chi connectivity index (χ2v) is 6.34. The molecule has 0 aliphatic heterocycles. The predicted octanol–water partition coefficient (Wildman–Crippen LogP) is 2.29. The van der Waals surface area contributed by atoms with Crippen LogP contribution in [0.2, 0.25) is 0 Å². The minimum Gasteiger partial charge on any atom is -0.207 e. The molecule has 5 heteroatoms. The number of hydrogen-bond donors (Lipinski definition) is 0. The maximum atomic E-state index is 12.1. The zero-order valence-electron chi connectivity index (χ0n) is 9.91. The van der Waals surface area contributed by atoms with Crippen LogP contribution in [-0.4, -0.2) is 26.8 Å². The van der Waals surface area contributed by atoms with E-state index in [-0.39, 0.29) is 0 Å². The first-order valence-corrected chi connectivity index (χ1v) is 6.86. The molecule has 1 aromatic rings. The summed E-state index contributed by atoms with van der Waals surface area (Å²) in [6, 6.07) is 3.56. The summed E-state index contributed by atoms with van der Waals surface area (Å²) in [6.45, 7) is 3.70. The third-order valence-corrected chi connectivity index (χ3v) is 4.84. The Morgan fingerprint density at radius 1 is 1.25 bits per heavy atom. The van der Waals surface area contributed by atoms with Crippen LogP contribution < -0.4 is 0 Å². The summed E-state index contributed by atoms with van der Waals surface area (Å²) >= 11 is 5.74. The molecule has 0 saturated carbocycles. The topological polar surface area (TPSA) is 37.4 Å². The van der Waals surface area contributed by atoms with Gasteiger partial charge in [0.05, 0.1) is 4.90 Å². The highest BCUT2D eigenvalue weighted by molar-refractivity contribution is 7.89. The normalized spacial score (nSPS) is 12.1. The van der Waals surface area contributed by atoms with Gasteiger partial charge < -0.3 is 0 Å². The fraction of sp³-hybridized carbons (Fsp3) is 0.455. The fourth-order valence-corrected chi connectivity index (χ4v) is 2.84. The lowest BCUT2D eigenvalue weighted by molar-refractivity contribution is 0.520. The molecular weight excluding hydrogens is 246 g/mol. The number of sulfonamides is 1. The summed E-state index contributed by atoms with van der Waals surface area (Å²) < 4.78 is 25.3. The molecule has 90 valence electrons. The number of rotatable bonds is 3. The van der Waals surface area contributed by atoms with Crippen LogP contribution in [-0.2, 0) is 15.9 Å². The Morgan fingerprint density at radius 3 is 2.25 bits per heavy atom. The maximum Gasteiger partial charge on any atom is 0.242 e. The third-order valence-electron chi connectivity index (χ3n) is 2.59. The van der Waals surface area contributed by atoms with E-state index >= 15 is 0 Å². The summed E-state index contributed by atoms with van der Waals surface area (Å²) in [7, 11) is -0.337. The van der Waals surface area contributed by atoms with Gasteiger partial charge in [-0.25, -0.2) is 12.7 Å². The van der Waals surface area contributed by atoms with Gasteiger partial charge in [-0.15, -0.1) is 11.6 Å². The van der Waals surface area contributed by atoms with E-state index in [0.717, 1.165) is 16.7 Å². The van der Waals surface area contributed by atoms with E-state index in [0.29, 0.717) is 10.8 Å². The smallest absolute Gasteiger partial charge is 0.207 e. The molecule has 0 amide bonds. The van der Waals surface area contributed by atoms with Crippen molar-refractivity contribution in [3.05, 3.63) is 28.8 Å². The molecule has 0 heterocycles. The van der Waals surface area contributed by atoms with Crippen molar-refractivity contribution >= 4 is 21.6 Å². The van der Waals surface area contributed by atoms with Gasteiger partial charge in [0.2, 0.25) is 10.0 Å². The van der Waals surface area contributed by atoms with Crippen molar-refractivity contribution in [1.29, 1.82) is 0 Å². The van der Waals surface area contributed by atoms with Crippen molar-refractivity contribution in [2.75, 3.05) is 14.1 Å². The average molecular weight is 262 g/mol. The Balaban J connectivity index is 3.51. The van der Waals surface area contributed by atoms with Crippen molar-refractivity contribution in [3.63, 3.8) is 0 Å². The average Bonchev–Trinajstić information content (AvgIpc) is 2.21. The van der Waals surface area contributed by atoms with E-state index in [1.165, 1.54) is 18.4 Å². The molecule has 0 aliphatic carbocycles. The van der Waals surface area contributed by atoms with Crippen molar-refractivity contribution in [1.82, 2.24) is 4.31 Å². The van der Waals surface area contributed by atoms with Crippen LogP contribution in [0.15, 0.2) is 17.0 Å². The molecule has 1 aromatic carbocycles. The van der Waals surface area contributed by atoms with Gasteiger partial charge in [0.25, 0.3) is 0 Å². The first-order chi connectivity index (χ1) is 7.30. The lowest BCUT2D eigenvalue weighted by Crippen LogP contribution is -2.23. The van der Waals surface area contributed by atoms with Crippen LogP contribution in [0.3, 0.4) is 0 Å². The third kappa shape index (κ3) is 2.39. The molecule has 1 rings (SSSR count). The van der Waals surface area contributed by atoms with E-state index in [4.69, 9.17) is 11.6 Å². The van der Waals surface area contributed by atoms with Gasteiger partial charge in [0.1, 0.15) is 0 Å². The highest BCUT2D eigenvalue weighted by Gasteiger charge is 2.21. The first kappa shape index (κ1) is 13.5. The Morgan fingerprint density at radius 2 is 1.81 bits per heavy atom. The Kier molecular flexibility index (Phi) is 3.99. The molecule has 0 bridgehead atoms. The molecule has 0 aromatic heterocycles. The molecule has 0 N–H and O–H groups in total. The summed E-state index contributed by atoms with van der Waals surface area (Å²) in [5.41, 5.74) is 2.55. The number of halogens is 1. The summed E-state index contributed by atoms with van der Waals surface area (Å²) in [6.07, 6.45) is 0. The number of benzene rings is 1. The number of hydrogen-bond acceptors (Lipinski definition) is 2. The summed E-state index contributed by atoms with van der Waals surface area (Å²) in [5.74, 6) is 0.317. The molecule has 0 atom stereocenters. The van der Waals surface area contributed by atoms with E-state index in [1.807, 2.05) is 19.9 Å². The fourth-order valence-electron chi connectivity index (χ4n) is 1.44. The van der Waals surface area contributed by atoms with Gasteiger partial charge in [-0.2, -0.15) is 0 Å². The van der Waals surface area contributed by atoms with Gasteiger partial charge >= 0.3 is 0 Å². The molecule has 0 unspecified atom stereocenters. The second-order valence-electron chi connectivity index (χ2n) is 3.96. The number of alkyl halides is 1. The molecular formula is C11H16ClNO2S. The first-order valence-electron chi connectivity index (χ1n) is 4.89. The van der Waals surface area contributed by atoms with Gasteiger partial charge in [-0.1, -0.05) is 6.07 Å². The van der Waals surface area contributed by atoms with Crippen LogP contribution >= 0.6 is 11.6 Å². The van der Waals surface area contributed by atoms with Gasteiger partial charge in [-0.3, -0.25) is 0 Å². The Hall–Kier alpha value is -0.580. The lowest BCUT2D eigenvalue weighted by Gasteiger charge is -2.16. The maximum absolute atomic E-state index is 12.1. The van der Waals surface area contributed by atoms with Crippen molar-refractivity contribution in [2.45, 2.75) is 24.6 Å². The van der Waals surface area contributed by atoms with E-state index in [2.05, 4.69) is 0 Å². The zero-order chi connectivity index (χ0) is 12.5. The van der Waals surface area contributed by atoms with Gasteiger partial charge in [0.15, 0.2) is 0 Å². The summed E-state index contributed by atoms with van der Waals surface area (Å²) in [5, 5.41) is 0. The quantitative estimate of drug-likeness (QED) is 0.783. The monoisotopic (exact) mass is 261 g/mol. The van der Waals surface area contributed by atoms with E-state index in [1.54, 1.807) is 6.07 Å². The Bertz CT molecular complexity index is 495. The zero-order valence-corrected chi connectivity index (χ0v) is 11.5. The van der Waals surface area contributed by atoms with E-state index < -0.39 is 10.0 Å². The molecule has 0 spiro atoms. The van der Waals surface area contributed by atoms with Gasteiger partial charge in [0, 0.05) is 20.0 Å². The number of nitrogens with zero attached hydrogens (tertiary/aromatic N) is 1. The van der Waals surface area contributed by atoms with Crippen molar-refractivity contribution in [3.8, 4) is 0 Å². The summed E-state index contributed by atoms with van der Waals surface area (Å²) in [4.78, 5) is 0.341. The van der Waals surface area contributed by atoms with Crippen molar-refractivity contribution in [2.24, 2.45) is 0 Å². The molecule has 0 fully saturated rings. The standard InChI is InChI=1S/C11H16ClNO2S/c1-8-5-10(7-12)6-11(9(8)2)16(14,15)13(3)4/h5-6H,7H2,1-4H3. The van der Waals surface area contributed by atoms with Crippen LogP contribution in [0.25, 0.3) is 0 Å². The lowest BCUT2D eigenvalue weighted by atomic mass is 10.1. The van der Waals surface area contributed by atoms with Gasteiger partial charge in [-0.05, 0) is 36.6 Å². The molecule has 0 radical (unpaired) electrons. The minimum atomic E-state index is -3.39. The molecule has 0 aliphatic rings. The second kappa shape index (κ2) is 4.73. The highest BCUT2D eigenvalue weighted by Crippen LogP contribution is 2.23. The van der Waals surface area contributed by atoms with Crippen molar-refractivity contribution < 1.29 is 8.42 Å². The molecule has 3 nitrogen and oxygen atoms in total. The largest absolute Gasteiger partial charge is 0.242 e. The van der Waals surface area contributed by atoms with Crippen LogP contribution in [0.5, 0.6) is 0 Å². The van der Waals surface area contributed by atoms with E-state index in [9.17, 15) is 8.42 Å². The van der Waals surface area contributed by atoms with Crippen LogP contribution in [0, 0.1) is 13.8 Å².